The van der Waals surface area contributed by atoms with Crippen LogP contribution in [0.25, 0.3) is 0 Å². The minimum Gasteiger partial charge on any atom is -0.382 e. The van der Waals surface area contributed by atoms with Crippen molar-refractivity contribution < 1.29 is 26.7 Å². The quantitative estimate of drug-likeness (QED) is 0.518. The van der Waals surface area contributed by atoms with E-state index in [4.69, 9.17) is 11.0 Å². The highest BCUT2D eigenvalue weighted by atomic mass is 19.2. The van der Waals surface area contributed by atoms with Crippen LogP contribution in [0.4, 0.5) is 27.6 Å². The van der Waals surface area contributed by atoms with Gasteiger partial charge in [-0.05, 0) is 43.0 Å². The van der Waals surface area contributed by atoms with Gasteiger partial charge in [-0.15, -0.1) is 0 Å². The smallest absolute Gasteiger partial charge is 0.224 e. The van der Waals surface area contributed by atoms with Crippen molar-refractivity contribution in [2.45, 2.75) is 37.8 Å². The molecule has 1 aliphatic rings. The zero-order valence-electron chi connectivity index (χ0n) is 17.0. The Kier molecular flexibility index (Phi) is 7.30. The van der Waals surface area contributed by atoms with Crippen LogP contribution in [0.15, 0.2) is 24.3 Å². The normalized spacial score (nSPS) is 15.3. The van der Waals surface area contributed by atoms with Gasteiger partial charge in [-0.3, -0.25) is 4.79 Å². The summed E-state index contributed by atoms with van der Waals surface area (Å²) in [6.07, 6.45) is 0.815. The summed E-state index contributed by atoms with van der Waals surface area (Å²) in [6, 6.07) is 3.85. The van der Waals surface area contributed by atoms with Crippen LogP contribution in [0.3, 0.4) is 0 Å². The first-order valence-electron chi connectivity index (χ1n) is 10.0. The number of carbonyl (C=O) groups is 1. The van der Waals surface area contributed by atoms with Crippen molar-refractivity contribution in [3.8, 4) is 6.07 Å². The van der Waals surface area contributed by atoms with Gasteiger partial charge in [0.15, 0.2) is 11.6 Å². The average Bonchev–Trinajstić information content (AvgIpc) is 2.72. The highest BCUT2D eigenvalue weighted by Gasteiger charge is 2.25. The molecule has 2 aromatic carbocycles. The van der Waals surface area contributed by atoms with E-state index >= 15 is 0 Å². The largest absolute Gasteiger partial charge is 0.382 e. The third-order valence-electron chi connectivity index (χ3n) is 5.38. The summed E-state index contributed by atoms with van der Waals surface area (Å²) in [4.78, 5) is 14.1. The van der Waals surface area contributed by atoms with Crippen molar-refractivity contribution >= 4 is 11.6 Å². The fraction of sp³-hybridized carbons (Fsp3) is 0.364. The van der Waals surface area contributed by atoms with Crippen molar-refractivity contribution in [1.82, 2.24) is 4.90 Å². The molecule has 10 heteroatoms. The summed E-state index contributed by atoms with van der Waals surface area (Å²) >= 11 is 0. The third-order valence-corrected chi connectivity index (χ3v) is 5.38. The second kappa shape index (κ2) is 9.96. The van der Waals surface area contributed by atoms with E-state index < -0.39 is 40.7 Å². The Bertz CT molecular complexity index is 1020. The van der Waals surface area contributed by atoms with Crippen molar-refractivity contribution in [2.24, 2.45) is 5.73 Å². The number of piperidine rings is 1. The predicted octanol–water partition coefficient (Wildman–Crippen LogP) is 3.62. The number of nitrogens with two attached hydrogens (primary N) is 1. The van der Waals surface area contributed by atoms with Gasteiger partial charge in [-0.25, -0.2) is 22.0 Å². The number of amides is 1. The van der Waals surface area contributed by atoms with Crippen molar-refractivity contribution in [2.75, 3.05) is 18.4 Å². The predicted molar refractivity (Wildman–Crippen MR) is 107 cm³/mol. The molecule has 0 aromatic heterocycles. The number of hydrogen-bond acceptors (Lipinski definition) is 4. The molecule has 0 spiro atoms. The molecule has 1 heterocycles. The summed E-state index contributed by atoms with van der Waals surface area (Å²) < 4.78 is 67.6. The van der Waals surface area contributed by atoms with E-state index in [-0.39, 0.29) is 36.0 Å². The number of carbonyl (C=O) groups excluding carboxylic acids is 1. The summed E-state index contributed by atoms with van der Waals surface area (Å²) in [5, 5.41) is 11.7. The Morgan fingerprint density at radius 2 is 1.62 bits per heavy atom. The maximum atomic E-state index is 13.8. The number of nitriles is 1. The van der Waals surface area contributed by atoms with Crippen molar-refractivity contribution in [3.63, 3.8) is 0 Å². The van der Waals surface area contributed by atoms with E-state index in [1.807, 2.05) is 0 Å². The molecule has 1 fully saturated rings. The number of halogens is 5. The highest BCUT2D eigenvalue weighted by Crippen LogP contribution is 2.22. The first-order chi connectivity index (χ1) is 15.2. The topological polar surface area (TPSA) is 82.2 Å². The maximum Gasteiger partial charge on any atom is 0.224 e. The zero-order chi connectivity index (χ0) is 23.4. The van der Waals surface area contributed by atoms with Gasteiger partial charge in [-0.2, -0.15) is 5.26 Å². The number of nitrogens with one attached hydrogen (secondary N) is 1. The standard InChI is InChI=1S/C22H21F5N4O/c23-17-10-21(27)20(26)6-12(17)5-13(29)7-22(32)31-3-1-14(2-4-31)30-15-8-18(24)16(11-28)19(25)9-15/h6,8-10,13-14,30H,1-5,7,29H2/t13-/m1/s1. The van der Waals surface area contributed by atoms with Gasteiger partial charge in [0.25, 0.3) is 0 Å². The van der Waals surface area contributed by atoms with Gasteiger partial charge < -0.3 is 16.0 Å². The molecule has 2 aromatic rings. The summed E-state index contributed by atoms with van der Waals surface area (Å²) in [7, 11) is 0. The van der Waals surface area contributed by atoms with Gasteiger partial charge in [0.2, 0.25) is 5.91 Å². The third kappa shape index (κ3) is 5.53. The van der Waals surface area contributed by atoms with E-state index in [1.165, 1.54) is 6.07 Å². The van der Waals surface area contributed by atoms with Crippen LogP contribution in [0.5, 0.6) is 0 Å². The molecule has 0 bridgehead atoms. The molecule has 0 saturated carbocycles. The van der Waals surface area contributed by atoms with Crippen LogP contribution < -0.4 is 11.1 Å². The average molecular weight is 452 g/mol. The van der Waals surface area contributed by atoms with Gasteiger partial charge in [0, 0.05) is 43.3 Å². The number of benzene rings is 2. The van der Waals surface area contributed by atoms with E-state index in [0.717, 1.165) is 18.2 Å². The maximum absolute atomic E-state index is 13.8. The molecule has 3 rings (SSSR count). The van der Waals surface area contributed by atoms with Crippen LogP contribution in [-0.2, 0) is 11.2 Å². The van der Waals surface area contributed by atoms with Gasteiger partial charge >= 0.3 is 0 Å². The molecule has 32 heavy (non-hydrogen) atoms. The molecular formula is C22H21F5N4O. The van der Waals surface area contributed by atoms with Crippen LogP contribution in [-0.4, -0.2) is 36.0 Å². The molecule has 1 saturated heterocycles. The molecule has 170 valence electrons. The van der Waals surface area contributed by atoms with Crippen LogP contribution >= 0.6 is 0 Å². The van der Waals surface area contributed by atoms with Crippen LogP contribution in [0.2, 0.25) is 0 Å². The number of nitrogens with zero attached hydrogens (tertiary/aromatic N) is 2. The van der Waals surface area contributed by atoms with Gasteiger partial charge in [-0.1, -0.05) is 0 Å². The Morgan fingerprint density at radius 3 is 2.22 bits per heavy atom. The van der Waals surface area contributed by atoms with Crippen molar-refractivity contribution in [1.29, 1.82) is 5.26 Å². The fourth-order valence-electron chi connectivity index (χ4n) is 3.70. The molecule has 0 unspecified atom stereocenters. The minimum atomic E-state index is -1.29. The Hall–Kier alpha value is -3.19. The summed E-state index contributed by atoms with van der Waals surface area (Å²) in [5.41, 5.74) is 5.38. The lowest BCUT2D eigenvalue weighted by Gasteiger charge is -2.33. The SMILES string of the molecule is N#Cc1c(F)cc(NC2CCN(C(=O)C[C@H](N)Cc3cc(F)c(F)cc3F)CC2)cc1F. The highest BCUT2D eigenvalue weighted by molar-refractivity contribution is 5.77. The molecule has 1 amide bonds. The summed E-state index contributed by atoms with van der Waals surface area (Å²) in [6.45, 7) is 0.758. The lowest BCUT2D eigenvalue weighted by atomic mass is 10.0. The molecule has 1 aliphatic heterocycles. The lowest BCUT2D eigenvalue weighted by molar-refractivity contribution is -0.132. The van der Waals surface area contributed by atoms with Crippen molar-refractivity contribution in [3.05, 3.63) is 64.5 Å². The minimum absolute atomic E-state index is 0.0947. The molecule has 0 aliphatic carbocycles. The van der Waals surface area contributed by atoms with E-state index in [9.17, 15) is 26.7 Å². The molecule has 5 nitrogen and oxygen atoms in total. The number of likely N-dealkylation sites (tertiary alicyclic amines) is 1. The van der Waals surface area contributed by atoms with Crippen LogP contribution in [0.1, 0.15) is 30.4 Å². The van der Waals surface area contributed by atoms with Gasteiger partial charge in [0.05, 0.1) is 0 Å². The Morgan fingerprint density at radius 1 is 1.03 bits per heavy atom. The number of hydrogen-bond donors (Lipinski definition) is 2. The monoisotopic (exact) mass is 452 g/mol. The molecule has 0 radical (unpaired) electrons. The Balaban J connectivity index is 1.50. The molecule has 1 atom stereocenters. The molecule has 3 N–H and O–H groups in total. The number of anilines is 1. The second-order valence-electron chi connectivity index (χ2n) is 7.75. The zero-order valence-corrected chi connectivity index (χ0v) is 17.0. The van der Waals surface area contributed by atoms with Gasteiger partial charge in [0.1, 0.15) is 29.1 Å². The Labute approximate surface area is 181 Å². The second-order valence-corrected chi connectivity index (χ2v) is 7.75. The number of rotatable bonds is 6. The van der Waals surface area contributed by atoms with E-state index in [0.29, 0.717) is 32.0 Å². The molecular weight excluding hydrogens is 431 g/mol. The fourth-order valence-corrected chi connectivity index (χ4v) is 3.70. The van der Waals surface area contributed by atoms with Crippen LogP contribution in [0, 0.1) is 40.4 Å². The van der Waals surface area contributed by atoms with E-state index in [1.54, 1.807) is 4.90 Å². The lowest BCUT2D eigenvalue weighted by Crippen LogP contribution is -2.44. The van der Waals surface area contributed by atoms with E-state index in [2.05, 4.69) is 5.32 Å². The first-order valence-corrected chi connectivity index (χ1v) is 10.0. The first kappa shape index (κ1) is 23.5. The summed E-state index contributed by atoms with van der Waals surface area (Å²) in [5.74, 6) is -5.55.